The normalized spacial score (nSPS) is 18.7. The molecule has 110 valence electrons. The Hall–Kier alpha value is -1.94. The van der Waals surface area contributed by atoms with Gasteiger partial charge in [-0.1, -0.05) is 24.3 Å². The molecule has 2 N–H and O–H groups in total. The molecule has 0 bridgehead atoms. The first-order valence-electron chi connectivity index (χ1n) is 7.08. The topological polar surface area (TPSA) is 35.2 Å². The number of fused-ring (bicyclic) bond motifs is 1. The zero-order valence-corrected chi connectivity index (χ0v) is 11.6. The summed E-state index contributed by atoms with van der Waals surface area (Å²) in [7, 11) is 0. The molecule has 0 saturated carbocycles. The SMILES string of the molecule is NC(CC1CCOc2ccccc21)c1c(F)cccc1F. The highest BCUT2D eigenvalue weighted by molar-refractivity contribution is 5.38. The second kappa shape index (κ2) is 5.82. The quantitative estimate of drug-likeness (QED) is 0.929. The third-order valence-corrected chi connectivity index (χ3v) is 3.99. The van der Waals surface area contributed by atoms with Crippen LogP contribution in [-0.2, 0) is 0 Å². The van der Waals surface area contributed by atoms with Crippen LogP contribution in [0.5, 0.6) is 5.75 Å². The number of halogens is 2. The molecule has 0 radical (unpaired) electrons. The van der Waals surface area contributed by atoms with Crippen molar-refractivity contribution in [2.75, 3.05) is 6.61 Å². The molecule has 4 heteroatoms. The van der Waals surface area contributed by atoms with Gasteiger partial charge in [0.2, 0.25) is 0 Å². The summed E-state index contributed by atoms with van der Waals surface area (Å²) in [5.74, 6) is -0.162. The van der Waals surface area contributed by atoms with Gasteiger partial charge < -0.3 is 10.5 Å². The number of hydrogen-bond acceptors (Lipinski definition) is 2. The molecule has 2 aromatic carbocycles. The Bertz CT molecular complexity index is 624. The van der Waals surface area contributed by atoms with E-state index in [2.05, 4.69) is 0 Å². The number of ether oxygens (including phenoxy) is 1. The van der Waals surface area contributed by atoms with Crippen LogP contribution in [0.4, 0.5) is 8.78 Å². The maximum absolute atomic E-state index is 13.8. The standard InChI is InChI=1S/C17H17F2NO/c18-13-5-3-6-14(19)17(13)15(20)10-11-8-9-21-16-7-2-1-4-12(11)16/h1-7,11,15H,8-10,20H2. The van der Waals surface area contributed by atoms with Crippen molar-refractivity contribution >= 4 is 0 Å². The first kappa shape index (κ1) is 14.0. The van der Waals surface area contributed by atoms with Crippen LogP contribution in [0.1, 0.15) is 35.9 Å². The molecule has 3 rings (SSSR count). The molecule has 0 spiro atoms. The van der Waals surface area contributed by atoms with E-state index in [1.54, 1.807) is 0 Å². The van der Waals surface area contributed by atoms with Crippen molar-refractivity contribution in [2.45, 2.75) is 24.8 Å². The number of para-hydroxylation sites is 1. The minimum Gasteiger partial charge on any atom is -0.493 e. The monoisotopic (exact) mass is 289 g/mol. The van der Waals surface area contributed by atoms with Crippen LogP contribution in [-0.4, -0.2) is 6.61 Å². The Morgan fingerprint density at radius 3 is 2.57 bits per heavy atom. The summed E-state index contributed by atoms with van der Waals surface area (Å²) in [6.07, 6.45) is 1.30. The zero-order valence-electron chi connectivity index (χ0n) is 11.6. The fraction of sp³-hybridized carbons (Fsp3) is 0.294. The third kappa shape index (κ3) is 2.76. The van der Waals surface area contributed by atoms with E-state index >= 15 is 0 Å². The van der Waals surface area contributed by atoms with Gasteiger partial charge in [-0.05, 0) is 42.5 Å². The fourth-order valence-corrected chi connectivity index (χ4v) is 2.95. The molecule has 21 heavy (non-hydrogen) atoms. The van der Waals surface area contributed by atoms with Crippen LogP contribution in [0.2, 0.25) is 0 Å². The Morgan fingerprint density at radius 2 is 1.81 bits per heavy atom. The van der Waals surface area contributed by atoms with E-state index in [9.17, 15) is 8.78 Å². The molecule has 1 aliphatic heterocycles. The fourth-order valence-electron chi connectivity index (χ4n) is 2.95. The average Bonchev–Trinajstić information content (AvgIpc) is 2.47. The van der Waals surface area contributed by atoms with Crippen molar-refractivity contribution in [2.24, 2.45) is 5.73 Å². The van der Waals surface area contributed by atoms with E-state index in [1.807, 2.05) is 24.3 Å². The van der Waals surface area contributed by atoms with Gasteiger partial charge in [0, 0.05) is 11.6 Å². The minimum absolute atomic E-state index is 0.0264. The van der Waals surface area contributed by atoms with Crippen LogP contribution >= 0.6 is 0 Å². The molecule has 0 aliphatic carbocycles. The van der Waals surface area contributed by atoms with Gasteiger partial charge in [-0.25, -0.2) is 8.78 Å². The summed E-state index contributed by atoms with van der Waals surface area (Å²) in [4.78, 5) is 0. The molecule has 0 amide bonds. The van der Waals surface area contributed by atoms with Crippen molar-refractivity contribution in [1.82, 2.24) is 0 Å². The van der Waals surface area contributed by atoms with Gasteiger partial charge in [0.05, 0.1) is 6.61 Å². The van der Waals surface area contributed by atoms with Crippen LogP contribution in [0.25, 0.3) is 0 Å². The number of hydrogen-bond donors (Lipinski definition) is 1. The van der Waals surface area contributed by atoms with Gasteiger partial charge in [-0.3, -0.25) is 0 Å². The Labute approximate surface area is 122 Å². The zero-order chi connectivity index (χ0) is 14.8. The van der Waals surface area contributed by atoms with Crippen molar-refractivity contribution < 1.29 is 13.5 Å². The van der Waals surface area contributed by atoms with Crippen LogP contribution in [0.3, 0.4) is 0 Å². The summed E-state index contributed by atoms with van der Waals surface area (Å²) in [6, 6.07) is 10.9. The number of rotatable bonds is 3. The second-order valence-corrected chi connectivity index (χ2v) is 5.35. The van der Waals surface area contributed by atoms with Gasteiger partial charge in [0.1, 0.15) is 17.4 Å². The van der Waals surface area contributed by atoms with Crippen LogP contribution in [0, 0.1) is 11.6 Å². The Morgan fingerprint density at radius 1 is 1.10 bits per heavy atom. The predicted molar refractivity (Wildman–Crippen MR) is 77.2 cm³/mol. The number of nitrogens with two attached hydrogens (primary N) is 1. The van der Waals surface area contributed by atoms with E-state index < -0.39 is 17.7 Å². The first-order chi connectivity index (χ1) is 10.2. The van der Waals surface area contributed by atoms with E-state index in [4.69, 9.17) is 10.5 Å². The van der Waals surface area contributed by atoms with Gasteiger partial charge in [0.15, 0.2) is 0 Å². The molecule has 0 aromatic heterocycles. The largest absolute Gasteiger partial charge is 0.493 e. The van der Waals surface area contributed by atoms with Gasteiger partial charge in [0.25, 0.3) is 0 Å². The van der Waals surface area contributed by atoms with E-state index in [-0.39, 0.29) is 11.5 Å². The molecule has 2 atom stereocenters. The van der Waals surface area contributed by atoms with Gasteiger partial charge in [-0.15, -0.1) is 0 Å². The van der Waals surface area contributed by atoms with E-state index in [1.165, 1.54) is 18.2 Å². The maximum Gasteiger partial charge on any atom is 0.130 e. The summed E-state index contributed by atoms with van der Waals surface area (Å²) >= 11 is 0. The van der Waals surface area contributed by atoms with E-state index in [0.29, 0.717) is 13.0 Å². The Kier molecular flexibility index (Phi) is 3.88. The minimum atomic E-state index is -0.664. The summed E-state index contributed by atoms with van der Waals surface area (Å²) in [6.45, 7) is 0.605. The lowest BCUT2D eigenvalue weighted by Crippen LogP contribution is -2.21. The molecular weight excluding hydrogens is 272 g/mol. The second-order valence-electron chi connectivity index (χ2n) is 5.35. The molecule has 0 saturated heterocycles. The molecule has 2 unspecified atom stereocenters. The van der Waals surface area contributed by atoms with Crippen molar-refractivity contribution in [3.63, 3.8) is 0 Å². The van der Waals surface area contributed by atoms with Crippen LogP contribution in [0.15, 0.2) is 42.5 Å². The van der Waals surface area contributed by atoms with Crippen molar-refractivity contribution in [3.8, 4) is 5.75 Å². The molecule has 1 aliphatic rings. The molecule has 2 aromatic rings. The van der Waals surface area contributed by atoms with Gasteiger partial charge in [-0.2, -0.15) is 0 Å². The van der Waals surface area contributed by atoms with E-state index in [0.717, 1.165) is 17.7 Å². The maximum atomic E-state index is 13.8. The highest BCUT2D eigenvalue weighted by atomic mass is 19.1. The molecule has 1 heterocycles. The van der Waals surface area contributed by atoms with Gasteiger partial charge >= 0.3 is 0 Å². The molecule has 0 fully saturated rings. The van der Waals surface area contributed by atoms with Crippen LogP contribution < -0.4 is 10.5 Å². The molecule has 2 nitrogen and oxygen atoms in total. The van der Waals surface area contributed by atoms with Crippen molar-refractivity contribution in [3.05, 3.63) is 65.2 Å². The highest BCUT2D eigenvalue weighted by Crippen LogP contribution is 2.38. The lowest BCUT2D eigenvalue weighted by Gasteiger charge is -2.28. The summed E-state index contributed by atoms with van der Waals surface area (Å²) < 4.78 is 33.2. The number of benzene rings is 2. The summed E-state index contributed by atoms with van der Waals surface area (Å²) in [5, 5.41) is 0. The molecular formula is C17H17F2NO. The lowest BCUT2D eigenvalue weighted by atomic mass is 9.85. The Balaban J connectivity index is 1.85. The summed E-state index contributed by atoms with van der Waals surface area (Å²) in [5.41, 5.74) is 7.10. The predicted octanol–water partition coefficient (Wildman–Crippen LogP) is 3.92. The third-order valence-electron chi connectivity index (χ3n) is 3.99. The van der Waals surface area contributed by atoms with Crippen molar-refractivity contribution in [1.29, 1.82) is 0 Å². The smallest absolute Gasteiger partial charge is 0.130 e. The highest BCUT2D eigenvalue weighted by Gasteiger charge is 2.26. The first-order valence-corrected chi connectivity index (χ1v) is 7.08. The average molecular weight is 289 g/mol. The lowest BCUT2D eigenvalue weighted by molar-refractivity contribution is 0.258.